The lowest BCUT2D eigenvalue weighted by Crippen LogP contribution is -2.67. The molecular formula is C19H13F6NO5. The largest absolute Gasteiger partial charge is 0.465 e. The molecule has 0 aromatic heterocycles. The number of esters is 3. The smallest absolute Gasteiger partial charge is 0.433 e. The van der Waals surface area contributed by atoms with Gasteiger partial charge < -0.3 is 9.47 Å². The van der Waals surface area contributed by atoms with E-state index in [1.807, 2.05) is 0 Å². The Morgan fingerprint density at radius 2 is 1.42 bits per heavy atom. The van der Waals surface area contributed by atoms with E-state index in [1.54, 1.807) is 6.08 Å². The van der Waals surface area contributed by atoms with Crippen LogP contribution in [-0.2, 0) is 23.9 Å². The summed E-state index contributed by atoms with van der Waals surface area (Å²) < 4.78 is 91.6. The lowest BCUT2D eigenvalue weighted by atomic mass is 9.37. The first-order valence-corrected chi connectivity index (χ1v) is 9.37. The van der Waals surface area contributed by atoms with Crippen LogP contribution in [-0.4, -0.2) is 43.1 Å². The molecule has 6 unspecified atom stereocenters. The van der Waals surface area contributed by atoms with Crippen molar-refractivity contribution < 1.29 is 50.2 Å². The van der Waals surface area contributed by atoms with Crippen LogP contribution in [0.1, 0.15) is 0 Å². The second-order valence-electron chi connectivity index (χ2n) is 8.28. The third-order valence-corrected chi connectivity index (χ3v) is 7.17. The predicted molar refractivity (Wildman–Crippen MR) is 86.7 cm³/mol. The van der Waals surface area contributed by atoms with E-state index in [0.29, 0.717) is 0 Å². The average Bonchev–Trinajstić information content (AvgIpc) is 2.97. The van der Waals surface area contributed by atoms with Crippen LogP contribution >= 0.6 is 0 Å². The zero-order chi connectivity index (χ0) is 22.6. The Hall–Kier alpha value is -2.66. The van der Waals surface area contributed by atoms with E-state index in [1.165, 1.54) is 6.08 Å². The van der Waals surface area contributed by atoms with Crippen molar-refractivity contribution in [2.75, 3.05) is 7.11 Å². The molecular weight excluding hydrogens is 436 g/mol. The maximum atomic E-state index is 13.9. The SMILES string of the molecule is COC(=O)C1=NC(C(F)(F)F)=C(C(F)(F)F)C2C1C1C2[C@@H]2C=C[C@@H]1C1C(=O)OC(=O)C12. The molecule has 31 heavy (non-hydrogen) atoms. The van der Waals surface area contributed by atoms with Crippen molar-refractivity contribution in [3.8, 4) is 0 Å². The number of methoxy groups -OCH3 is 1. The topological polar surface area (TPSA) is 82.0 Å². The number of alkyl halides is 6. The molecule has 0 aromatic carbocycles. The van der Waals surface area contributed by atoms with Crippen molar-refractivity contribution >= 4 is 23.6 Å². The molecule has 8 atom stereocenters. The highest BCUT2D eigenvalue weighted by atomic mass is 19.4. The van der Waals surface area contributed by atoms with Gasteiger partial charge in [-0.25, -0.2) is 9.79 Å². The van der Waals surface area contributed by atoms with E-state index >= 15 is 0 Å². The monoisotopic (exact) mass is 449 g/mol. The third-order valence-electron chi connectivity index (χ3n) is 7.17. The highest BCUT2D eigenvalue weighted by Crippen LogP contribution is 2.70. The fourth-order valence-electron chi connectivity index (χ4n) is 6.32. The van der Waals surface area contributed by atoms with Gasteiger partial charge in [-0.15, -0.1) is 0 Å². The number of carbonyl (C=O) groups excluding carboxylic acids is 3. The van der Waals surface area contributed by atoms with Gasteiger partial charge in [0.1, 0.15) is 5.71 Å². The molecule has 2 saturated carbocycles. The minimum absolute atomic E-state index is 0.746. The van der Waals surface area contributed by atoms with Crippen molar-refractivity contribution in [3.63, 3.8) is 0 Å². The number of ether oxygens (including phenoxy) is 2. The number of hydrogen-bond acceptors (Lipinski definition) is 6. The molecule has 6 nitrogen and oxygen atoms in total. The number of cyclic esters (lactones) is 2. The molecule has 0 radical (unpaired) electrons. The first-order chi connectivity index (χ1) is 14.4. The average molecular weight is 449 g/mol. The number of allylic oxidation sites excluding steroid dienone is 4. The van der Waals surface area contributed by atoms with Gasteiger partial charge >= 0.3 is 30.3 Å². The Kier molecular flexibility index (Phi) is 3.90. The molecule has 6 aliphatic rings. The van der Waals surface area contributed by atoms with Crippen molar-refractivity contribution in [2.45, 2.75) is 12.4 Å². The highest BCUT2D eigenvalue weighted by molar-refractivity contribution is 6.38. The lowest BCUT2D eigenvalue weighted by Gasteiger charge is -2.64. The second kappa shape index (κ2) is 5.98. The Morgan fingerprint density at radius 3 is 1.87 bits per heavy atom. The van der Waals surface area contributed by atoms with E-state index in [4.69, 9.17) is 0 Å². The standard InChI is InChI=1S/C19H13F6NO5/c1-30-17(29)13-11-7-5-3-2-4(8-9(5)16(28)31-15(8)27)6(7)10(11)12(18(20,21)22)14(26-13)19(23,24)25/h2-11H,1H3/t4-,5-,6?,7?,8?,9?,10?,11?/m0/s1. The van der Waals surface area contributed by atoms with Gasteiger partial charge in [0, 0.05) is 11.8 Å². The summed E-state index contributed by atoms with van der Waals surface area (Å²) in [6.45, 7) is 0. The summed E-state index contributed by atoms with van der Waals surface area (Å²) in [5.74, 6) is -11.5. The Balaban J connectivity index is 1.70. The second-order valence-corrected chi connectivity index (χ2v) is 8.28. The molecule has 166 valence electrons. The maximum absolute atomic E-state index is 13.9. The summed E-state index contributed by atoms with van der Waals surface area (Å²) in [5.41, 5.74) is -4.77. The van der Waals surface area contributed by atoms with Gasteiger partial charge in [-0.1, -0.05) is 12.2 Å². The Labute approximate surface area is 170 Å². The van der Waals surface area contributed by atoms with Crippen LogP contribution in [0.3, 0.4) is 0 Å². The number of nitrogens with zero attached hydrogens (tertiary/aromatic N) is 1. The number of fused-ring (bicyclic) bond motifs is 1. The minimum atomic E-state index is -5.46. The molecule has 4 aliphatic carbocycles. The van der Waals surface area contributed by atoms with Gasteiger partial charge in [-0.05, 0) is 23.7 Å². The number of rotatable bonds is 1. The third kappa shape index (κ3) is 2.47. The van der Waals surface area contributed by atoms with Crippen LogP contribution in [0.5, 0.6) is 0 Å². The van der Waals surface area contributed by atoms with Crippen molar-refractivity contribution in [1.82, 2.24) is 0 Å². The van der Waals surface area contributed by atoms with Gasteiger partial charge in [-0.3, -0.25) is 9.59 Å². The summed E-state index contributed by atoms with van der Waals surface area (Å²) in [5, 5.41) is 0. The molecule has 0 aromatic rings. The van der Waals surface area contributed by atoms with Gasteiger partial charge in [0.15, 0.2) is 5.70 Å². The Morgan fingerprint density at radius 1 is 0.903 bits per heavy atom. The highest BCUT2D eigenvalue weighted by Gasteiger charge is 2.74. The van der Waals surface area contributed by atoms with Crippen molar-refractivity contribution in [3.05, 3.63) is 23.4 Å². The van der Waals surface area contributed by atoms with Crippen LogP contribution < -0.4 is 0 Å². The van der Waals surface area contributed by atoms with Crippen molar-refractivity contribution in [2.24, 2.45) is 52.3 Å². The Bertz CT molecular complexity index is 1010. The van der Waals surface area contributed by atoms with E-state index in [2.05, 4.69) is 14.5 Å². The first kappa shape index (κ1) is 20.3. The molecule has 12 heteroatoms. The number of hydrogen-bond donors (Lipinski definition) is 0. The molecule has 2 heterocycles. The summed E-state index contributed by atoms with van der Waals surface area (Å²) in [6, 6.07) is 0. The quantitative estimate of drug-likeness (QED) is 0.266. The number of aliphatic imine (C=N–C) groups is 1. The van der Waals surface area contributed by atoms with Crippen LogP contribution in [0.15, 0.2) is 28.4 Å². The molecule has 6 rings (SSSR count). The van der Waals surface area contributed by atoms with Gasteiger partial charge in [-0.2, -0.15) is 26.3 Å². The van der Waals surface area contributed by atoms with Gasteiger partial charge in [0.25, 0.3) is 0 Å². The summed E-state index contributed by atoms with van der Waals surface area (Å²) >= 11 is 0. The molecule has 2 bridgehead atoms. The molecule has 2 aliphatic heterocycles. The maximum Gasteiger partial charge on any atom is 0.433 e. The number of carbonyl (C=O) groups is 3. The van der Waals surface area contributed by atoms with Crippen LogP contribution in [0.4, 0.5) is 26.3 Å². The van der Waals surface area contributed by atoms with E-state index in [-0.39, 0.29) is 0 Å². The summed E-state index contributed by atoms with van der Waals surface area (Å²) in [6.07, 6.45) is -7.77. The molecule has 1 saturated heterocycles. The fraction of sp³-hybridized carbons (Fsp3) is 0.579. The zero-order valence-corrected chi connectivity index (χ0v) is 15.5. The zero-order valence-electron chi connectivity index (χ0n) is 15.5. The van der Waals surface area contributed by atoms with Crippen LogP contribution in [0.2, 0.25) is 0 Å². The molecule has 0 spiro atoms. The van der Waals surface area contributed by atoms with Gasteiger partial charge in [0.05, 0.1) is 24.5 Å². The van der Waals surface area contributed by atoms with E-state index in [0.717, 1.165) is 7.11 Å². The van der Waals surface area contributed by atoms with E-state index in [9.17, 15) is 40.7 Å². The minimum Gasteiger partial charge on any atom is -0.465 e. The van der Waals surface area contributed by atoms with E-state index < -0.39 is 94.6 Å². The molecule has 0 amide bonds. The molecule has 0 N–H and O–H groups in total. The first-order valence-electron chi connectivity index (χ1n) is 9.37. The van der Waals surface area contributed by atoms with Crippen LogP contribution in [0.25, 0.3) is 0 Å². The van der Waals surface area contributed by atoms with Crippen molar-refractivity contribution in [1.29, 1.82) is 0 Å². The molecule has 3 fully saturated rings. The van der Waals surface area contributed by atoms with Gasteiger partial charge in [0.2, 0.25) is 0 Å². The number of halogens is 6. The van der Waals surface area contributed by atoms with Crippen LogP contribution in [0, 0.1) is 47.3 Å². The summed E-state index contributed by atoms with van der Waals surface area (Å²) in [4.78, 5) is 39.7. The fourth-order valence-corrected chi connectivity index (χ4v) is 6.32. The predicted octanol–water partition coefficient (Wildman–Crippen LogP) is 2.60. The lowest BCUT2D eigenvalue weighted by molar-refractivity contribution is -0.170. The normalized spacial score (nSPS) is 40.5. The summed E-state index contributed by atoms with van der Waals surface area (Å²) in [7, 11) is 0.891.